The summed E-state index contributed by atoms with van der Waals surface area (Å²) in [5, 5.41) is 1.08. The number of aromatic amines is 1. The van der Waals surface area contributed by atoms with E-state index in [2.05, 4.69) is 20.9 Å². The molecular weight excluding hydrogens is 438 g/mol. The Morgan fingerprint density at radius 2 is 1.71 bits per heavy atom. The molecule has 1 atom stereocenters. The Bertz CT molecular complexity index is 1410. The first kappa shape index (κ1) is 21.4. The molecule has 4 heterocycles. The first-order chi connectivity index (χ1) is 17.1. The molecule has 0 aliphatic carbocycles. The van der Waals surface area contributed by atoms with Crippen molar-refractivity contribution < 1.29 is 9.59 Å². The van der Waals surface area contributed by atoms with Crippen molar-refractivity contribution in [3.8, 4) is 0 Å². The minimum atomic E-state index is -0.298. The number of aryl methyl sites for hydroxylation is 1. The van der Waals surface area contributed by atoms with E-state index < -0.39 is 0 Å². The van der Waals surface area contributed by atoms with Crippen LogP contribution < -0.4 is 4.90 Å². The summed E-state index contributed by atoms with van der Waals surface area (Å²) < 4.78 is 0. The van der Waals surface area contributed by atoms with E-state index in [4.69, 9.17) is 0 Å². The molecule has 35 heavy (non-hydrogen) atoms. The molecule has 176 valence electrons. The number of hydrogen-bond acceptors (Lipinski definition) is 4. The summed E-state index contributed by atoms with van der Waals surface area (Å²) in [4.78, 5) is 40.7. The number of anilines is 1. The highest BCUT2D eigenvalue weighted by atomic mass is 16.2. The topological polar surface area (TPSA) is 72.5 Å². The zero-order chi connectivity index (χ0) is 23.9. The smallest absolute Gasteiger partial charge is 0.255 e. The maximum absolute atomic E-state index is 13.5. The summed E-state index contributed by atoms with van der Waals surface area (Å²) in [5.41, 5.74) is 4.75. The molecule has 1 fully saturated rings. The first-order valence-electron chi connectivity index (χ1n) is 12.0. The molecule has 0 radical (unpaired) electrons. The third-order valence-corrected chi connectivity index (χ3v) is 7.19. The molecule has 1 saturated heterocycles. The van der Waals surface area contributed by atoms with Crippen molar-refractivity contribution in [3.63, 3.8) is 0 Å². The van der Waals surface area contributed by atoms with E-state index in [0.29, 0.717) is 18.7 Å². The SMILES string of the molecule is Cc1[nH]c2ccccc2c1C1c2ccccc2C(=O)N1CC(=O)N1CCN(c2ccccn2)CC1. The number of rotatable bonds is 4. The van der Waals surface area contributed by atoms with Crippen molar-refractivity contribution in [2.75, 3.05) is 37.6 Å². The van der Waals surface area contributed by atoms with E-state index in [1.54, 1.807) is 11.1 Å². The second-order valence-electron chi connectivity index (χ2n) is 9.19. The minimum Gasteiger partial charge on any atom is -0.358 e. The van der Waals surface area contributed by atoms with Crippen molar-refractivity contribution >= 4 is 28.5 Å². The van der Waals surface area contributed by atoms with Gasteiger partial charge < -0.3 is 19.7 Å². The van der Waals surface area contributed by atoms with Gasteiger partial charge in [0, 0.05) is 60.1 Å². The number of hydrogen-bond donors (Lipinski definition) is 1. The standard InChI is InChI=1S/C28H27N5O2/c1-19-26(22-10-4-5-11-23(22)30-19)27-20-8-2-3-9-21(20)28(35)33(27)18-25(34)32-16-14-31(15-17-32)24-12-6-7-13-29-24/h2-13,27,30H,14-18H2,1H3. The van der Waals surface area contributed by atoms with Crippen LogP contribution in [0.15, 0.2) is 72.9 Å². The van der Waals surface area contributed by atoms with Crippen LogP contribution in [0.1, 0.15) is 33.2 Å². The van der Waals surface area contributed by atoms with Crippen molar-refractivity contribution in [2.45, 2.75) is 13.0 Å². The number of aromatic nitrogens is 2. The van der Waals surface area contributed by atoms with Crippen LogP contribution in [0.4, 0.5) is 5.82 Å². The lowest BCUT2D eigenvalue weighted by molar-refractivity contribution is -0.132. The second kappa shape index (κ2) is 8.58. The van der Waals surface area contributed by atoms with Gasteiger partial charge in [-0.25, -0.2) is 4.98 Å². The van der Waals surface area contributed by atoms with Gasteiger partial charge >= 0.3 is 0 Å². The minimum absolute atomic E-state index is 0.0191. The van der Waals surface area contributed by atoms with Crippen LogP contribution in [0, 0.1) is 6.92 Å². The lowest BCUT2D eigenvalue weighted by Gasteiger charge is -2.36. The number of nitrogens with zero attached hydrogens (tertiary/aromatic N) is 4. The molecule has 6 rings (SSSR count). The maximum atomic E-state index is 13.5. The fourth-order valence-electron chi connectivity index (χ4n) is 5.47. The molecule has 4 aromatic rings. The Morgan fingerprint density at radius 1 is 0.971 bits per heavy atom. The summed E-state index contributed by atoms with van der Waals surface area (Å²) in [7, 11) is 0. The third-order valence-electron chi connectivity index (χ3n) is 7.19. The molecular formula is C28H27N5O2. The van der Waals surface area contributed by atoms with E-state index >= 15 is 0 Å². The lowest BCUT2D eigenvalue weighted by atomic mass is 9.95. The van der Waals surface area contributed by atoms with Gasteiger partial charge in [0.2, 0.25) is 5.91 Å². The van der Waals surface area contributed by atoms with Crippen LogP contribution in [-0.2, 0) is 4.79 Å². The Kier molecular flexibility index (Phi) is 5.25. The van der Waals surface area contributed by atoms with Crippen LogP contribution in [-0.4, -0.2) is 64.3 Å². The maximum Gasteiger partial charge on any atom is 0.255 e. The molecule has 0 bridgehead atoms. The van der Waals surface area contributed by atoms with Crippen LogP contribution in [0.25, 0.3) is 10.9 Å². The fraction of sp³-hybridized carbons (Fsp3) is 0.250. The quantitative estimate of drug-likeness (QED) is 0.498. The summed E-state index contributed by atoms with van der Waals surface area (Å²) in [6, 6.07) is 21.4. The number of amides is 2. The van der Waals surface area contributed by atoms with E-state index in [1.165, 1.54) is 0 Å². The first-order valence-corrected chi connectivity index (χ1v) is 12.0. The highest BCUT2D eigenvalue weighted by molar-refractivity contribution is 6.02. The van der Waals surface area contributed by atoms with Gasteiger partial charge in [0.15, 0.2) is 0 Å². The summed E-state index contributed by atoms with van der Waals surface area (Å²) in [6.45, 7) is 4.77. The number of nitrogens with one attached hydrogen (secondary N) is 1. The van der Waals surface area contributed by atoms with Gasteiger partial charge in [-0.1, -0.05) is 42.5 Å². The summed E-state index contributed by atoms with van der Waals surface area (Å²) in [6.07, 6.45) is 1.79. The Hall–Kier alpha value is -4.13. The van der Waals surface area contributed by atoms with Gasteiger partial charge in [-0.15, -0.1) is 0 Å². The van der Waals surface area contributed by atoms with E-state index in [1.807, 2.05) is 72.5 Å². The molecule has 2 amide bonds. The van der Waals surface area contributed by atoms with Crippen LogP contribution in [0.5, 0.6) is 0 Å². The number of para-hydroxylation sites is 1. The van der Waals surface area contributed by atoms with Gasteiger partial charge in [-0.3, -0.25) is 9.59 Å². The number of carbonyl (C=O) groups is 2. The fourth-order valence-corrected chi connectivity index (χ4v) is 5.47. The Balaban J connectivity index is 1.27. The molecule has 7 nitrogen and oxygen atoms in total. The number of benzene rings is 2. The van der Waals surface area contributed by atoms with Crippen LogP contribution in [0.2, 0.25) is 0 Å². The third kappa shape index (κ3) is 3.64. The molecule has 2 aliphatic rings. The second-order valence-corrected chi connectivity index (χ2v) is 9.19. The summed E-state index contributed by atoms with van der Waals surface area (Å²) in [5.74, 6) is 0.824. The molecule has 2 aromatic heterocycles. The number of fused-ring (bicyclic) bond motifs is 2. The Morgan fingerprint density at radius 3 is 2.51 bits per heavy atom. The molecule has 2 aromatic carbocycles. The van der Waals surface area contributed by atoms with Gasteiger partial charge in [-0.05, 0) is 36.8 Å². The molecule has 0 spiro atoms. The zero-order valence-electron chi connectivity index (χ0n) is 19.6. The normalized spacial score (nSPS) is 17.8. The monoisotopic (exact) mass is 465 g/mol. The molecule has 0 saturated carbocycles. The van der Waals surface area contributed by atoms with Crippen LogP contribution >= 0.6 is 0 Å². The number of carbonyl (C=O) groups excluding carboxylic acids is 2. The highest BCUT2D eigenvalue weighted by Crippen LogP contribution is 2.42. The van der Waals surface area contributed by atoms with Crippen LogP contribution in [0.3, 0.4) is 0 Å². The van der Waals surface area contributed by atoms with E-state index in [9.17, 15) is 9.59 Å². The zero-order valence-corrected chi connectivity index (χ0v) is 19.6. The number of piperazine rings is 1. The molecule has 7 heteroatoms. The highest BCUT2D eigenvalue weighted by Gasteiger charge is 2.41. The van der Waals surface area contributed by atoms with Crippen molar-refractivity contribution in [2.24, 2.45) is 0 Å². The average molecular weight is 466 g/mol. The van der Waals surface area contributed by atoms with E-state index in [0.717, 1.165) is 46.6 Å². The Labute approximate surface area is 204 Å². The van der Waals surface area contributed by atoms with Gasteiger partial charge in [0.1, 0.15) is 12.4 Å². The van der Waals surface area contributed by atoms with Crippen molar-refractivity contribution in [1.82, 2.24) is 19.8 Å². The predicted octanol–water partition coefficient (Wildman–Crippen LogP) is 3.77. The number of H-pyrrole nitrogens is 1. The summed E-state index contributed by atoms with van der Waals surface area (Å²) >= 11 is 0. The van der Waals surface area contributed by atoms with Crippen molar-refractivity contribution in [3.05, 3.63) is 95.3 Å². The lowest BCUT2D eigenvalue weighted by Crippen LogP contribution is -2.51. The molecule has 2 aliphatic heterocycles. The average Bonchev–Trinajstić information content (AvgIpc) is 3.37. The largest absolute Gasteiger partial charge is 0.358 e. The molecule has 1 N–H and O–H groups in total. The van der Waals surface area contributed by atoms with Gasteiger partial charge in [0.25, 0.3) is 5.91 Å². The van der Waals surface area contributed by atoms with Crippen molar-refractivity contribution in [1.29, 1.82) is 0 Å². The van der Waals surface area contributed by atoms with E-state index in [-0.39, 0.29) is 24.4 Å². The van der Waals surface area contributed by atoms with Gasteiger partial charge in [-0.2, -0.15) is 0 Å². The van der Waals surface area contributed by atoms with Gasteiger partial charge in [0.05, 0.1) is 6.04 Å². The molecule has 1 unspecified atom stereocenters. The predicted molar refractivity (Wildman–Crippen MR) is 135 cm³/mol. The number of pyridine rings is 1.